The summed E-state index contributed by atoms with van der Waals surface area (Å²) < 4.78 is 15.3. The van der Waals surface area contributed by atoms with Crippen molar-refractivity contribution in [1.29, 1.82) is 0 Å². The molecule has 5 rings (SSSR count). The number of carbonyl (C=O) groups is 1. The van der Waals surface area contributed by atoms with E-state index in [1.54, 1.807) is 6.07 Å². The van der Waals surface area contributed by atoms with Crippen LogP contribution in [0.3, 0.4) is 0 Å². The second-order valence-corrected chi connectivity index (χ2v) is 8.63. The molecule has 7 heteroatoms. The minimum absolute atomic E-state index is 0.171. The van der Waals surface area contributed by atoms with E-state index in [1.165, 1.54) is 29.5 Å². The van der Waals surface area contributed by atoms with Crippen molar-refractivity contribution in [2.24, 2.45) is 0 Å². The van der Waals surface area contributed by atoms with E-state index in [0.29, 0.717) is 23.3 Å². The lowest BCUT2D eigenvalue weighted by atomic mass is 9.85. The van der Waals surface area contributed by atoms with Crippen LogP contribution in [-0.2, 0) is 10.5 Å². The Labute approximate surface area is 178 Å². The van der Waals surface area contributed by atoms with E-state index < -0.39 is 0 Å². The molecule has 0 saturated carbocycles. The molecule has 2 heterocycles. The molecule has 1 atom stereocenters. The van der Waals surface area contributed by atoms with Crippen LogP contribution in [0.4, 0.5) is 10.3 Å². The van der Waals surface area contributed by atoms with Crippen molar-refractivity contribution in [2.75, 3.05) is 5.32 Å². The number of nitrogens with one attached hydrogen (secondary N) is 1. The Kier molecular flexibility index (Phi) is 4.90. The van der Waals surface area contributed by atoms with Gasteiger partial charge in [0.05, 0.1) is 0 Å². The lowest BCUT2D eigenvalue weighted by molar-refractivity contribution is -0.116. The van der Waals surface area contributed by atoms with Gasteiger partial charge in [-0.05, 0) is 43.0 Å². The van der Waals surface area contributed by atoms with Crippen molar-refractivity contribution in [3.05, 3.63) is 82.3 Å². The summed E-state index contributed by atoms with van der Waals surface area (Å²) in [5.41, 5.74) is 4.82. The molecular formula is C23H21FN4OS. The zero-order valence-electron chi connectivity index (χ0n) is 16.6. The summed E-state index contributed by atoms with van der Waals surface area (Å²) in [5.74, 6) is 1.14. The number of carbonyl (C=O) groups excluding carboxylic acids is 1. The molecule has 0 bridgehead atoms. The predicted octanol–water partition coefficient (Wildman–Crippen LogP) is 5.04. The van der Waals surface area contributed by atoms with E-state index in [2.05, 4.69) is 34.6 Å². The number of aromatic nitrogens is 3. The lowest BCUT2D eigenvalue weighted by Gasteiger charge is -2.32. The third-order valence-electron chi connectivity index (χ3n) is 5.50. The molecule has 0 saturated heterocycles. The maximum atomic E-state index is 13.5. The van der Waals surface area contributed by atoms with Gasteiger partial charge in [0.2, 0.25) is 11.1 Å². The van der Waals surface area contributed by atoms with Gasteiger partial charge in [-0.2, -0.15) is 4.98 Å². The van der Waals surface area contributed by atoms with Gasteiger partial charge in [-0.3, -0.25) is 4.79 Å². The average molecular weight is 421 g/mol. The summed E-state index contributed by atoms with van der Waals surface area (Å²) in [5, 5.41) is 8.67. The number of thioether (sulfide) groups is 1. The average Bonchev–Trinajstić information content (AvgIpc) is 3.14. The topological polar surface area (TPSA) is 59.8 Å². The number of Topliss-reactive ketones (excluding diaryl/α,β-unsaturated/α-hetero) is 1. The van der Waals surface area contributed by atoms with Gasteiger partial charge in [0.1, 0.15) is 11.9 Å². The zero-order valence-corrected chi connectivity index (χ0v) is 17.4. The fourth-order valence-electron chi connectivity index (χ4n) is 4.03. The predicted molar refractivity (Wildman–Crippen MR) is 115 cm³/mol. The van der Waals surface area contributed by atoms with Gasteiger partial charge in [-0.1, -0.05) is 53.7 Å². The van der Waals surface area contributed by atoms with Crippen LogP contribution in [0.25, 0.3) is 0 Å². The van der Waals surface area contributed by atoms with Crippen LogP contribution < -0.4 is 5.32 Å². The smallest absolute Gasteiger partial charge is 0.227 e. The van der Waals surface area contributed by atoms with E-state index in [-0.39, 0.29) is 17.6 Å². The molecular weight excluding hydrogens is 399 g/mol. The van der Waals surface area contributed by atoms with Gasteiger partial charge in [0.15, 0.2) is 5.78 Å². The molecule has 152 valence electrons. The molecule has 1 unspecified atom stereocenters. The monoisotopic (exact) mass is 420 g/mol. The van der Waals surface area contributed by atoms with E-state index in [1.807, 2.05) is 17.7 Å². The van der Waals surface area contributed by atoms with Crippen LogP contribution in [-0.4, -0.2) is 20.5 Å². The Morgan fingerprint density at radius 2 is 2.03 bits per heavy atom. The van der Waals surface area contributed by atoms with Crippen molar-refractivity contribution in [3.63, 3.8) is 0 Å². The second kappa shape index (κ2) is 7.72. The van der Waals surface area contributed by atoms with Gasteiger partial charge in [-0.15, -0.1) is 5.10 Å². The fourth-order valence-corrected chi connectivity index (χ4v) is 4.80. The van der Waals surface area contributed by atoms with Crippen LogP contribution in [0, 0.1) is 12.7 Å². The summed E-state index contributed by atoms with van der Waals surface area (Å²) in [6.07, 6.45) is 2.25. The van der Waals surface area contributed by atoms with Crippen LogP contribution in [0.15, 0.2) is 65.0 Å². The molecule has 3 aromatic rings. The highest BCUT2D eigenvalue weighted by atomic mass is 32.2. The molecule has 2 aromatic carbocycles. The second-order valence-electron chi connectivity index (χ2n) is 7.69. The third kappa shape index (κ3) is 3.54. The van der Waals surface area contributed by atoms with Crippen molar-refractivity contribution in [1.82, 2.24) is 14.8 Å². The molecule has 1 aliphatic carbocycles. The molecule has 0 amide bonds. The Hall–Kier alpha value is -2.93. The summed E-state index contributed by atoms with van der Waals surface area (Å²) >= 11 is 1.46. The van der Waals surface area contributed by atoms with Gasteiger partial charge in [-0.25, -0.2) is 9.07 Å². The number of rotatable bonds is 4. The highest BCUT2D eigenvalue weighted by Crippen LogP contribution is 2.40. The molecule has 1 N–H and O–H groups in total. The number of aryl methyl sites for hydroxylation is 1. The number of halogens is 1. The van der Waals surface area contributed by atoms with E-state index in [4.69, 9.17) is 5.10 Å². The maximum absolute atomic E-state index is 13.5. The first-order chi connectivity index (χ1) is 14.6. The van der Waals surface area contributed by atoms with Crippen molar-refractivity contribution in [2.45, 2.75) is 43.1 Å². The number of allylic oxidation sites excluding steroid dienone is 2. The van der Waals surface area contributed by atoms with Crippen molar-refractivity contribution < 1.29 is 9.18 Å². The minimum atomic E-state index is -0.277. The van der Waals surface area contributed by atoms with Crippen molar-refractivity contribution in [3.8, 4) is 0 Å². The summed E-state index contributed by atoms with van der Waals surface area (Å²) in [6, 6.07) is 14.5. The van der Waals surface area contributed by atoms with Gasteiger partial charge in [0.25, 0.3) is 0 Å². The number of ketones is 1. The van der Waals surface area contributed by atoms with E-state index in [9.17, 15) is 9.18 Å². The minimum Gasteiger partial charge on any atom is -0.328 e. The zero-order chi connectivity index (χ0) is 20.7. The SMILES string of the molecule is Cc1ccc(C2C3=C(CCCC3=O)Nc3nc(SCc4cccc(F)c4)nn32)cc1. The van der Waals surface area contributed by atoms with Crippen LogP contribution in [0.1, 0.15) is 42.0 Å². The molecule has 5 nitrogen and oxygen atoms in total. The molecule has 1 aromatic heterocycles. The summed E-state index contributed by atoms with van der Waals surface area (Å²) in [6.45, 7) is 2.05. The van der Waals surface area contributed by atoms with Crippen LogP contribution >= 0.6 is 11.8 Å². The van der Waals surface area contributed by atoms with Gasteiger partial charge in [0, 0.05) is 23.4 Å². The Morgan fingerprint density at radius 1 is 1.20 bits per heavy atom. The maximum Gasteiger partial charge on any atom is 0.227 e. The Bertz CT molecular complexity index is 1150. The van der Waals surface area contributed by atoms with E-state index >= 15 is 0 Å². The standard InChI is InChI=1S/C23H21FN4OS/c1-14-8-10-16(11-9-14)21-20-18(6-3-7-19(20)29)25-22-26-23(27-28(21)22)30-13-15-4-2-5-17(24)12-15/h2,4-5,8-12,21H,3,6-7,13H2,1H3,(H,25,26,27). The fraction of sp³-hybridized carbons (Fsp3) is 0.261. The van der Waals surface area contributed by atoms with Crippen LogP contribution in [0.2, 0.25) is 0 Å². The number of hydrogen-bond donors (Lipinski definition) is 1. The molecule has 30 heavy (non-hydrogen) atoms. The van der Waals surface area contributed by atoms with Gasteiger partial charge < -0.3 is 5.32 Å². The quantitative estimate of drug-likeness (QED) is 0.599. The first-order valence-electron chi connectivity index (χ1n) is 10.0. The number of anilines is 1. The summed E-state index contributed by atoms with van der Waals surface area (Å²) in [4.78, 5) is 17.5. The molecule has 0 fully saturated rings. The van der Waals surface area contributed by atoms with E-state index in [0.717, 1.165) is 35.2 Å². The molecule has 0 radical (unpaired) electrons. The first-order valence-corrected chi connectivity index (χ1v) is 11.0. The first kappa shape index (κ1) is 19.1. The lowest BCUT2D eigenvalue weighted by Crippen LogP contribution is -2.31. The summed E-state index contributed by atoms with van der Waals surface area (Å²) in [7, 11) is 0. The number of hydrogen-bond acceptors (Lipinski definition) is 5. The van der Waals surface area contributed by atoms with Crippen LogP contribution in [0.5, 0.6) is 0 Å². The third-order valence-corrected chi connectivity index (χ3v) is 6.41. The molecule has 2 aliphatic rings. The number of benzene rings is 2. The Morgan fingerprint density at radius 3 is 2.83 bits per heavy atom. The number of nitrogens with zero attached hydrogens (tertiary/aromatic N) is 3. The van der Waals surface area contributed by atoms with Crippen molar-refractivity contribution >= 4 is 23.5 Å². The van der Waals surface area contributed by atoms with Gasteiger partial charge >= 0.3 is 0 Å². The number of fused-ring (bicyclic) bond motifs is 1. The Balaban J connectivity index is 1.50. The molecule has 1 aliphatic heterocycles. The highest BCUT2D eigenvalue weighted by Gasteiger charge is 2.36. The molecule has 0 spiro atoms. The largest absolute Gasteiger partial charge is 0.328 e. The highest BCUT2D eigenvalue weighted by molar-refractivity contribution is 7.98. The normalized spacial score (nSPS) is 18.1.